The summed E-state index contributed by atoms with van der Waals surface area (Å²) in [4.78, 5) is 11.3. The third-order valence-corrected chi connectivity index (χ3v) is 3.31. The van der Waals surface area contributed by atoms with Crippen LogP contribution in [0.15, 0.2) is 27.4 Å². The van der Waals surface area contributed by atoms with Gasteiger partial charge in [0.15, 0.2) is 5.58 Å². The molecule has 4 heteroatoms. The first-order valence-electron chi connectivity index (χ1n) is 5.45. The van der Waals surface area contributed by atoms with Gasteiger partial charge in [-0.25, -0.2) is 4.79 Å². The first-order chi connectivity index (χ1) is 7.57. The zero-order valence-electron chi connectivity index (χ0n) is 9.19. The Bertz CT molecular complexity index is 605. The van der Waals surface area contributed by atoms with Crippen molar-refractivity contribution in [1.82, 2.24) is 4.57 Å². The number of nitrogens with zero attached hydrogens (tertiary/aromatic N) is 1. The molecule has 0 radical (unpaired) electrons. The fraction of sp³-hybridized carbons (Fsp3) is 0.417. The van der Waals surface area contributed by atoms with Gasteiger partial charge >= 0.3 is 5.76 Å². The summed E-state index contributed by atoms with van der Waals surface area (Å²) in [5, 5.41) is 0. The highest BCUT2D eigenvalue weighted by Crippen LogP contribution is 2.35. The van der Waals surface area contributed by atoms with Crippen LogP contribution in [0.1, 0.15) is 18.4 Å². The van der Waals surface area contributed by atoms with Gasteiger partial charge in [0.1, 0.15) is 0 Å². The van der Waals surface area contributed by atoms with Crippen molar-refractivity contribution in [2.45, 2.75) is 24.8 Å². The zero-order valence-corrected chi connectivity index (χ0v) is 9.19. The topological polar surface area (TPSA) is 61.2 Å². The standard InChI is InChI=1S/C12H14N2O2/c1-14-9-3-2-8(7-12(13)4-5-12)6-10(9)16-11(14)15/h2-3,6H,4-5,7,13H2,1H3. The summed E-state index contributed by atoms with van der Waals surface area (Å²) in [5.74, 6) is -0.318. The largest absolute Gasteiger partial charge is 0.419 e. The molecule has 84 valence electrons. The van der Waals surface area contributed by atoms with E-state index in [-0.39, 0.29) is 11.3 Å². The highest BCUT2D eigenvalue weighted by molar-refractivity contribution is 5.73. The van der Waals surface area contributed by atoms with Crippen LogP contribution >= 0.6 is 0 Å². The maximum atomic E-state index is 11.3. The van der Waals surface area contributed by atoms with Crippen LogP contribution in [-0.2, 0) is 13.5 Å². The van der Waals surface area contributed by atoms with Crippen LogP contribution in [0.3, 0.4) is 0 Å². The van der Waals surface area contributed by atoms with E-state index in [2.05, 4.69) is 0 Å². The van der Waals surface area contributed by atoms with E-state index in [4.69, 9.17) is 10.2 Å². The number of aromatic nitrogens is 1. The van der Waals surface area contributed by atoms with Gasteiger partial charge in [0.25, 0.3) is 0 Å². The fourth-order valence-electron chi connectivity index (χ4n) is 2.03. The number of aryl methyl sites for hydroxylation is 1. The minimum atomic E-state index is -0.318. The minimum absolute atomic E-state index is 0.0112. The molecule has 1 fully saturated rings. The van der Waals surface area contributed by atoms with Crippen molar-refractivity contribution in [3.8, 4) is 0 Å². The molecule has 1 aliphatic rings. The Hall–Kier alpha value is -1.55. The lowest BCUT2D eigenvalue weighted by molar-refractivity contribution is 0.527. The summed E-state index contributed by atoms with van der Waals surface area (Å²) < 4.78 is 6.65. The number of rotatable bonds is 2. The van der Waals surface area contributed by atoms with Gasteiger partial charge in [-0.2, -0.15) is 0 Å². The van der Waals surface area contributed by atoms with E-state index in [1.807, 2.05) is 18.2 Å². The molecule has 4 nitrogen and oxygen atoms in total. The molecule has 0 aliphatic heterocycles. The summed E-state index contributed by atoms with van der Waals surface area (Å²) in [6.45, 7) is 0. The van der Waals surface area contributed by atoms with E-state index in [1.54, 1.807) is 7.05 Å². The molecule has 1 heterocycles. The lowest BCUT2D eigenvalue weighted by atomic mass is 10.0. The molecule has 0 unspecified atom stereocenters. The second-order valence-corrected chi connectivity index (χ2v) is 4.77. The molecule has 16 heavy (non-hydrogen) atoms. The first-order valence-corrected chi connectivity index (χ1v) is 5.45. The van der Waals surface area contributed by atoms with Crippen LogP contribution in [0.4, 0.5) is 0 Å². The lowest BCUT2D eigenvalue weighted by Gasteiger charge is -2.07. The maximum absolute atomic E-state index is 11.3. The van der Waals surface area contributed by atoms with Crippen molar-refractivity contribution in [3.63, 3.8) is 0 Å². The van der Waals surface area contributed by atoms with E-state index in [9.17, 15) is 4.79 Å². The Balaban J connectivity index is 2.05. The molecule has 1 aliphatic carbocycles. The number of hydrogen-bond donors (Lipinski definition) is 1. The third kappa shape index (κ3) is 1.46. The van der Waals surface area contributed by atoms with Crippen LogP contribution < -0.4 is 11.5 Å². The number of benzene rings is 1. The van der Waals surface area contributed by atoms with Crippen LogP contribution in [0.2, 0.25) is 0 Å². The van der Waals surface area contributed by atoms with E-state index in [1.165, 1.54) is 4.57 Å². The summed E-state index contributed by atoms with van der Waals surface area (Å²) in [5.41, 5.74) is 8.67. The highest BCUT2D eigenvalue weighted by Gasteiger charge is 2.37. The maximum Gasteiger partial charge on any atom is 0.419 e. The van der Waals surface area contributed by atoms with E-state index < -0.39 is 0 Å². The molecule has 1 aromatic carbocycles. The summed E-state index contributed by atoms with van der Waals surface area (Å²) in [6, 6.07) is 5.86. The van der Waals surface area contributed by atoms with Gasteiger partial charge in [-0.3, -0.25) is 4.57 Å². The van der Waals surface area contributed by atoms with Gasteiger partial charge in [0.2, 0.25) is 0 Å². The predicted octanol–water partition coefficient (Wildman–Crippen LogP) is 1.17. The lowest BCUT2D eigenvalue weighted by Crippen LogP contribution is -2.24. The van der Waals surface area contributed by atoms with Gasteiger partial charge in [0, 0.05) is 12.6 Å². The number of nitrogens with two attached hydrogens (primary N) is 1. The zero-order chi connectivity index (χ0) is 11.3. The average Bonchev–Trinajstić information content (AvgIpc) is 2.88. The number of oxazole rings is 1. The predicted molar refractivity (Wildman–Crippen MR) is 61.3 cm³/mol. The Labute approximate surface area is 92.7 Å². The van der Waals surface area contributed by atoms with Crippen LogP contribution in [0.25, 0.3) is 11.1 Å². The molecule has 2 aromatic rings. The summed E-state index contributed by atoms with van der Waals surface area (Å²) >= 11 is 0. The van der Waals surface area contributed by atoms with Gasteiger partial charge in [-0.05, 0) is 37.0 Å². The average molecular weight is 218 g/mol. The van der Waals surface area contributed by atoms with Crippen molar-refractivity contribution in [2.24, 2.45) is 12.8 Å². The normalized spacial score (nSPS) is 17.9. The first kappa shape index (κ1) is 9.66. The highest BCUT2D eigenvalue weighted by atomic mass is 16.4. The molecule has 2 N–H and O–H groups in total. The SMILES string of the molecule is Cn1c(=O)oc2cc(CC3(N)CC3)ccc21. The van der Waals surface area contributed by atoms with Gasteiger partial charge in [-0.1, -0.05) is 6.07 Å². The van der Waals surface area contributed by atoms with Crippen LogP contribution in [0, 0.1) is 0 Å². The summed E-state index contributed by atoms with van der Waals surface area (Å²) in [7, 11) is 1.71. The molecule has 0 atom stereocenters. The van der Waals surface area contributed by atoms with Gasteiger partial charge in [0.05, 0.1) is 5.52 Å². The molecular formula is C12H14N2O2. The monoisotopic (exact) mass is 218 g/mol. The molecule has 0 amide bonds. The number of hydrogen-bond acceptors (Lipinski definition) is 3. The third-order valence-electron chi connectivity index (χ3n) is 3.31. The van der Waals surface area contributed by atoms with Gasteiger partial charge < -0.3 is 10.2 Å². The van der Waals surface area contributed by atoms with E-state index in [0.717, 1.165) is 30.3 Å². The minimum Gasteiger partial charge on any atom is -0.408 e. The Kier molecular flexibility index (Phi) is 1.80. The van der Waals surface area contributed by atoms with Gasteiger partial charge in [-0.15, -0.1) is 0 Å². The second-order valence-electron chi connectivity index (χ2n) is 4.77. The second kappa shape index (κ2) is 2.98. The van der Waals surface area contributed by atoms with Crippen molar-refractivity contribution >= 4 is 11.1 Å². The Morgan fingerprint density at radius 1 is 1.50 bits per heavy atom. The van der Waals surface area contributed by atoms with Crippen molar-refractivity contribution in [3.05, 3.63) is 34.3 Å². The van der Waals surface area contributed by atoms with Crippen LogP contribution in [-0.4, -0.2) is 10.1 Å². The van der Waals surface area contributed by atoms with E-state index in [0.29, 0.717) is 5.58 Å². The molecular weight excluding hydrogens is 204 g/mol. The molecule has 0 bridgehead atoms. The van der Waals surface area contributed by atoms with Crippen molar-refractivity contribution in [2.75, 3.05) is 0 Å². The van der Waals surface area contributed by atoms with E-state index >= 15 is 0 Å². The quantitative estimate of drug-likeness (QED) is 0.823. The molecule has 1 aromatic heterocycles. The molecule has 0 spiro atoms. The summed E-state index contributed by atoms with van der Waals surface area (Å²) in [6.07, 6.45) is 3.04. The smallest absolute Gasteiger partial charge is 0.408 e. The molecule has 1 saturated carbocycles. The van der Waals surface area contributed by atoms with Crippen LogP contribution in [0.5, 0.6) is 0 Å². The molecule has 0 saturated heterocycles. The Morgan fingerprint density at radius 2 is 2.25 bits per heavy atom. The van der Waals surface area contributed by atoms with Crippen molar-refractivity contribution in [1.29, 1.82) is 0 Å². The Morgan fingerprint density at radius 3 is 2.94 bits per heavy atom. The molecule has 3 rings (SSSR count). The van der Waals surface area contributed by atoms with Crippen molar-refractivity contribution < 1.29 is 4.42 Å². The fourth-order valence-corrected chi connectivity index (χ4v) is 2.03. The number of fused-ring (bicyclic) bond motifs is 1.